The number of benzene rings is 1. The Morgan fingerprint density at radius 2 is 2.05 bits per heavy atom. The lowest BCUT2D eigenvalue weighted by atomic mass is 10.1. The molecular formula is C16H26N2O2. The van der Waals surface area contributed by atoms with Crippen molar-refractivity contribution in [2.45, 2.75) is 51.7 Å². The van der Waals surface area contributed by atoms with Crippen molar-refractivity contribution >= 4 is 11.4 Å². The minimum Gasteiger partial charge on any atom is -0.489 e. The van der Waals surface area contributed by atoms with Crippen LogP contribution in [-0.2, 0) is 0 Å². The molecule has 112 valence electrons. The van der Waals surface area contributed by atoms with E-state index in [9.17, 15) is 5.11 Å². The number of nitrogens with zero attached hydrogens (tertiary/aromatic N) is 1. The van der Waals surface area contributed by atoms with E-state index >= 15 is 0 Å². The maximum Gasteiger partial charge on any atom is 0.144 e. The average Bonchev–Trinajstić information content (AvgIpc) is 2.92. The Bertz CT molecular complexity index is 428. The molecule has 0 saturated heterocycles. The second-order valence-electron chi connectivity index (χ2n) is 5.71. The molecule has 0 unspecified atom stereocenters. The molecular weight excluding hydrogens is 252 g/mol. The van der Waals surface area contributed by atoms with Gasteiger partial charge in [0.25, 0.3) is 0 Å². The molecule has 4 heteroatoms. The normalized spacial score (nSPS) is 15.8. The highest BCUT2D eigenvalue weighted by atomic mass is 16.5. The molecule has 0 amide bonds. The smallest absolute Gasteiger partial charge is 0.144 e. The van der Waals surface area contributed by atoms with E-state index in [0.29, 0.717) is 18.3 Å². The topological polar surface area (TPSA) is 58.7 Å². The van der Waals surface area contributed by atoms with Crippen molar-refractivity contribution < 1.29 is 9.84 Å². The zero-order chi connectivity index (χ0) is 14.5. The van der Waals surface area contributed by atoms with Crippen molar-refractivity contribution in [2.75, 3.05) is 23.8 Å². The second-order valence-corrected chi connectivity index (χ2v) is 5.71. The lowest BCUT2D eigenvalue weighted by molar-refractivity contribution is 0.244. The van der Waals surface area contributed by atoms with Crippen LogP contribution in [0, 0.1) is 0 Å². The largest absolute Gasteiger partial charge is 0.489 e. The first-order valence-electron chi connectivity index (χ1n) is 7.56. The third-order valence-corrected chi connectivity index (χ3v) is 3.82. The van der Waals surface area contributed by atoms with Crippen molar-refractivity contribution in [1.82, 2.24) is 0 Å². The number of nitrogen functional groups attached to an aromatic ring is 1. The Morgan fingerprint density at radius 1 is 1.35 bits per heavy atom. The number of hydrogen-bond donors (Lipinski definition) is 2. The first-order valence-corrected chi connectivity index (χ1v) is 7.56. The second kappa shape index (κ2) is 6.84. The standard InChI is InChI=1S/C16H26N2O2/c1-12(2)20-15-9-5-8-14(16(15)17)18(10-11-19)13-6-3-4-7-13/h5,8-9,12-13,19H,3-4,6-7,10-11,17H2,1-2H3. The summed E-state index contributed by atoms with van der Waals surface area (Å²) in [5.41, 5.74) is 7.95. The van der Waals surface area contributed by atoms with Crippen molar-refractivity contribution in [1.29, 1.82) is 0 Å². The number of hydrogen-bond acceptors (Lipinski definition) is 4. The minimum atomic E-state index is 0.102. The maximum atomic E-state index is 9.35. The van der Waals surface area contributed by atoms with Crippen LogP contribution in [0.3, 0.4) is 0 Å². The summed E-state index contributed by atoms with van der Waals surface area (Å²) in [7, 11) is 0. The van der Waals surface area contributed by atoms with Gasteiger partial charge >= 0.3 is 0 Å². The molecule has 1 aliphatic carbocycles. The Balaban J connectivity index is 2.27. The van der Waals surface area contributed by atoms with Crippen molar-refractivity contribution in [2.24, 2.45) is 0 Å². The van der Waals surface area contributed by atoms with Gasteiger partial charge in [0.1, 0.15) is 5.75 Å². The molecule has 0 heterocycles. The Kier molecular flexibility index (Phi) is 5.12. The SMILES string of the molecule is CC(C)Oc1cccc(N(CCO)C2CCCC2)c1N. The van der Waals surface area contributed by atoms with Gasteiger partial charge in [0.2, 0.25) is 0 Å². The molecule has 0 bridgehead atoms. The number of aliphatic hydroxyl groups excluding tert-OH is 1. The molecule has 0 spiro atoms. The molecule has 1 aliphatic rings. The number of aliphatic hydroxyl groups is 1. The maximum absolute atomic E-state index is 9.35. The van der Waals surface area contributed by atoms with E-state index in [1.54, 1.807) is 0 Å². The highest BCUT2D eigenvalue weighted by Gasteiger charge is 2.24. The van der Waals surface area contributed by atoms with Crippen LogP contribution >= 0.6 is 0 Å². The van der Waals surface area contributed by atoms with Gasteiger partial charge in [0.05, 0.1) is 24.1 Å². The molecule has 2 rings (SSSR count). The van der Waals surface area contributed by atoms with Gasteiger partial charge in [0, 0.05) is 12.6 Å². The van der Waals surface area contributed by atoms with E-state index in [2.05, 4.69) is 4.90 Å². The number of ether oxygens (including phenoxy) is 1. The van der Waals surface area contributed by atoms with Crippen LogP contribution in [0.5, 0.6) is 5.75 Å². The van der Waals surface area contributed by atoms with Gasteiger partial charge in [-0.2, -0.15) is 0 Å². The first kappa shape index (κ1) is 15.0. The van der Waals surface area contributed by atoms with E-state index in [0.717, 1.165) is 11.4 Å². The lowest BCUT2D eigenvalue weighted by Crippen LogP contribution is -2.36. The van der Waals surface area contributed by atoms with Gasteiger partial charge in [0.15, 0.2) is 0 Å². The van der Waals surface area contributed by atoms with Crippen LogP contribution in [0.4, 0.5) is 11.4 Å². The summed E-state index contributed by atoms with van der Waals surface area (Å²) in [6.07, 6.45) is 4.97. The average molecular weight is 278 g/mol. The van der Waals surface area contributed by atoms with Crippen LogP contribution in [0.2, 0.25) is 0 Å². The van der Waals surface area contributed by atoms with Crippen LogP contribution < -0.4 is 15.4 Å². The van der Waals surface area contributed by atoms with Crippen molar-refractivity contribution in [3.05, 3.63) is 18.2 Å². The number of nitrogens with two attached hydrogens (primary N) is 1. The summed E-state index contributed by atoms with van der Waals surface area (Å²) in [5, 5.41) is 9.35. The van der Waals surface area contributed by atoms with Crippen LogP contribution in [0.15, 0.2) is 18.2 Å². The van der Waals surface area contributed by atoms with Crippen LogP contribution in [-0.4, -0.2) is 30.4 Å². The van der Waals surface area contributed by atoms with Crippen LogP contribution in [0.1, 0.15) is 39.5 Å². The lowest BCUT2D eigenvalue weighted by Gasteiger charge is -2.32. The molecule has 0 atom stereocenters. The zero-order valence-electron chi connectivity index (χ0n) is 12.5. The van der Waals surface area contributed by atoms with E-state index < -0.39 is 0 Å². The Labute approximate surface area is 121 Å². The third-order valence-electron chi connectivity index (χ3n) is 3.82. The molecule has 0 radical (unpaired) electrons. The van der Waals surface area contributed by atoms with Crippen molar-refractivity contribution in [3.63, 3.8) is 0 Å². The zero-order valence-corrected chi connectivity index (χ0v) is 12.5. The highest BCUT2D eigenvalue weighted by molar-refractivity contribution is 5.74. The molecule has 0 aliphatic heterocycles. The monoisotopic (exact) mass is 278 g/mol. The fraction of sp³-hybridized carbons (Fsp3) is 0.625. The highest BCUT2D eigenvalue weighted by Crippen LogP contribution is 2.36. The van der Waals surface area contributed by atoms with E-state index in [1.807, 2.05) is 32.0 Å². The van der Waals surface area contributed by atoms with Gasteiger partial charge in [-0.3, -0.25) is 0 Å². The van der Waals surface area contributed by atoms with Gasteiger partial charge in [-0.15, -0.1) is 0 Å². The van der Waals surface area contributed by atoms with E-state index in [4.69, 9.17) is 10.5 Å². The van der Waals surface area contributed by atoms with Crippen LogP contribution in [0.25, 0.3) is 0 Å². The Hall–Kier alpha value is -1.42. The first-order chi connectivity index (χ1) is 9.63. The third kappa shape index (κ3) is 3.37. The fourth-order valence-corrected chi connectivity index (χ4v) is 2.96. The van der Waals surface area contributed by atoms with E-state index in [-0.39, 0.29) is 12.7 Å². The minimum absolute atomic E-state index is 0.102. The summed E-state index contributed by atoms with van der Waals surface area (Å²) in [5.74, 6) is 0.735. The predicted molar refractivity (Wildman–Crippen MR) is 83.3 cm³/mol. The number of rotatable bonds is 6. The molecule has 1 aromatic rings. The van der Waals surface area contributed by atoms with Gasteiger partial charge in [-0.1, -0.05) is 18.9 Å². The molecule has 20 heavy (non-hydrogen) atoms. The summed E-state index contributed by atoms with van der Waals surface area (Å²) in [6.45, 7) is 4.76. The van der Waals surface area contributed by atoms with Crippen molar-refractivity contribution in [3.8, 4) is 5.75 Å². The molecule has 0 aromatic heterocycles. The van der Waals surface area contributed by atoms with Gasteiger partial charge in [-0.05, 0) is 38.8 Å². The Morgan fingerprint density at radius 3 is 2.65 bits per heavy atom. The van der Waals surface area contributed by atoms with Gasteiger partial charge < -0.3 is 20.5 Å². The number of para-hydroxylation sites is 1. The molecule has 1 saturated carbocycles. The van der Waals surface area contributed by atoms with E-state index in [1.165, 1.54) is 25.7 Å². The fourth-order valence-electron chi connectivity index (χ4n) is 2.96. The molecule has 3 N–H and O–H groups in total. The summed E-state index contributed by atoms with van der Waals surface area (Å²) < 4.78 is 5.76. The summed E-state index contributed by atoms with van der Waals surface area (Å²) in [4.78, 5) is 2.25. The summed E-state index contributed by atoms with van der Waals surface area (Å²) in [6, 6.07) is 6.39. The molecule has 4 nitrogen and oxygen atoms in total. The number of anilines is 2. The quantitative estimate of drug-likeness (QED) is 0.786. The van der Waals surface area contributed by atoms with Gasteiger partial charge in [-0.25, -0.2) is 0 Å². The predicted octanol–water partition coefficient (Wildman–Crippen LogP) is 2.80. The molecule has 1 aromatic carbocycles. The summed E-state index contributed by atoms with van der Waals surface area (Å²) >= 11 is 0. The molecule has 1 fully saturated rings.